The van der Waals surface area contributed by atoms with Gasteiger partial charge in [0, 0.05) is 12.1 Å². The molecule has 0 spiro atoms. The van der Waals surface area contributed by atoms with Crippen molar-refractivity contribution >= 4 is 17.4 Å². The van der Waals surface area contributed by atoms with Crippen LogP contribution >= 0.6 is 0 Å². The van der Waals surface area contributed by atoms with E-state index < -0.39 is 5.82 Å². The molecular formula is C15H16FN3O. The molecule has 0 aliphatic carbocycles. The third-order valence-corrected chi connectivity index (χ3v) is 2.66. The van der Waals surface area contributed by atoms with E-state index >= 15 is 0 Å². The Morgan fingerprint density at radius 3 is 2.80 bits per heavy atom. The molecule has 0 unspecified atom stereocenters. The molecule has 4 nitrogen and oxygen atoms in total. The Balaban J connectivity index is 2.01. The molecule has 0 fully saturated rings. The van der Waals surface area contributed by atoms with E-state index in [-0.39, 0.29) is 11.5 Å². The molecule has 0 radical (unpaired) electrons. The summed E-state index contributed by atoms with van der Waals surface area (Å²) in [6.45, 7) is 2.92. The number of nitrogens with one attached hydrogen (secondary N) is 2. The summed E-state index contributed by atoms with van der Waals surface area (Å²) in [4.78, 5) is 16.1. The number of halogens is 1. The number of carbonyl (C=O) groups is 1. The van der Waals surface area contributed by atoms with Gasteiger partial charge in [-0.05, 0) is 36.8 Å². The molecule has 0 saturated carbocycles. The summed E-state index contributed by atoms with van der Waals surface area (Å²) in [6, 6.07) is 9.09. The van der Waals surface area contributed by atoms with E-state index in [0.29, 0.717) is 5.69 Å². The standard InChI is InChI=1S/C15H16FN3O/c1-2-8-17-14-7-6-13(10-18-14)19-15(20)11-4-3-5-12(16)9-11/h3-7,9-10H,2,8H2,1H3,(H,17,18)(H,19,20). The van der Waals surface area contributed by atoms with Gasteiger partial charge in [-0.15, -0.1) is 0 Å². The van der Waals surface area contributed by atoms with Crippen molar-refractivity contribution in [3.63, 3.8) is 0 Å². The first kappa shape index (κ1) is 14.0. The maximum Gasteiger partial charge on any atom is 0.255 e. The fourth-order valence-electron chi connectivity index (χ4n) is 1.66. The first-order chi connectivity index (χ1) is 9.69. The highest BCUT2D eigenvalue weighted by Crippen LogP contribution is 2.12. The second-order valence-electron chi connectivity index (χ2n) is 4.32. The highest BCUT2D eigenvalue weighted by Gasteiger charge is 2.07. The molecule has 0 atom stereocenters. The van der Waals surface area contributed by atoms with Gasteiger partial charge in [-0.1, -0.05) is 13.0 Å². The normalized spacial score (nSPS) is 10.1. The van der Waals surface area contributed by atoms with Crippen LogP contribution in [-0.2, 0) is 0 Å². The van der Waals surface area contributed by atoms with Crippen molar-refractivity contribution in [1.82, 2.24) is 4.98 Å². The number of hydrogen-bond donors (Lipinski definition) is 2. The molecule has 1 aromatic carbocycles. The van der Waals surface area contributed by atoms with Crippen molar-refractivity contribution in [1.29, 1.82) is 0 Å². The van der Waals surface area contributed by atoms with E-state index in [0.717, 1.165) is 18.8 Å². The summed E-state index contributed by atoms with van der Waals surface area (Å²) in [6.07, 6.45) is 2.58. The van der Waals surface area contributed by atoms with Gasteiger partial charge in [-0.2, -0.15) is 0 Å². The predicted molar refractivity (Wildman–Crippen MR) is 77.4 cm³/mol. The lowest BCUT2D eigenvalue weighted by molar-refractivity contribution is 0.102. The van der Waals surface area contributed by atoms with E-state index in [2.05, 4.69) is 22.5 Å². The number of amides is 1. The summed E-state index contributed by atoms with van der Waals surface area (Å²) in [5, 5.41) is 5.81. The predicted octanol–water partition coefficient (Wildman–Crippen LogP) is 3.29. The van der Waals surface area contributed by atoms with Crippen LogP contribution < -0.4 is 10.6 Å². The molecule has 5 heteroatoms. The summed E-state index contributed by atoms with van der Waals surface area (Å²) >= 11 is 0. The maximum absolute atomic E-state index is 13.0. The molecule has 2 aromatic rings. The molecule has 1 aromatic heterocycles. The molecule has 1 heterocycles. The Kier molecular flexibility index (Phi) is 4.65. The zero-order valence-electron chi connectivity index (χ0n) is 11.2. The minimum Gasteiger partial charge on any atom is -0.370 e. The molecule has 0 saturated heterocycles. The van der Waals surface area contributed by atoms with Crippen LogP contribution in [-0.4, -0.2) is 17.4 Å². The van der Waals surface area contributed by atoms with Crippen molar-refractivity contribution in [2.45, 2.75) is 13.3 Å². The van der Waals surface area contributed by atoms with Gasteiger partial charge in [0.1, 0.15) is 11.6 Å². The summed E-state index contributed by atoms with van der Waals surface area (Å²) < 4.78 is 13.0. The second-order valence-corrected chi connectivity index (χ2v) is 4.32. The van der Waals surface area contributed by atoms with E-state index in [1.54, 1.807) is 24.4 Å². The summed E-state index contributed by atoms with van der Waals surface area (Å²) in [5.74, 6) is -0.0361. The Labute approximate surface area is 117 Å². The largest absolute Gasteiger partial charge is 0.370 e. The molecule has 0 bridgehead atoms. The Bertz CT molecular complexity index is 584. The Hall–Kier alpha value is -2.43. The highest BCUT2D eigenvalue weighted by atomic mass is 19.1. The number of anilines is 2. The summed E-state index contributed by atoms with van der Waals surface area (Å²) in [7, 11) is 0. The van der Waals surface area contributed by atoms with Gasteiger partial charge in [0.15, 0.2) is 0 Å². The molecule has 0 aliphatic rings. The van der Waals surface area contributed by atoms with Gasteiger partial charge < -0.3 is 10.6 Å². The van der Waals surface area contributed by atoms with Crippen LogP contribution in [0.3, 0.4) is 0 Å². The fourth-order valence-corrected chi connectivity index (χ4v) is 1.66. The Morgan fingerprint density at radius 1 is 1.30 bits per heavy atom. The van der Waals surface area contributed by atoms with Crippen molar-refractivity contribution < 1.29 is 9.18 Å². The Morgan fingerprint density at radius 2 is 2.15 bits per heavy atom. The zero-order valence-corrected chi connectivity index (χ0v) is 11.2. The second kappa shape index (κ2) is 6.65. The zero-order chi connectivity index (χ0) is 14.4. The van der Waals surface area contributed by atoms with Crippen LogP contribution in [0.15, 0.2) is 42.6 Å². The van der Waals surface area contributed by atoms with Crippen LogP contribution in [0.2, 0.25) is 0 Å². The number of pyridine rings is 1. The summed E-state index contributed by atoms with van der Waals surface area (Å²) in [5.41, 5.74) is 0.847. The van der Waals surface area contributed by atoms with E-state index in [1.807, 2.05) is 0 Å². The lowest BCUT2D eigenvalue weighted by atomic mass is 10.2. The molecule has 20 heavy (non-hydrogen) atoms. The van der Waals surface area contributed by atoms with Gasteiger partial charge in [-0.25, -0.2) is 9.37 Å². The molecule has 1 amide bonds. The SMILES string of the molecule is CCCNc1ccc(NC(=O)c2cccc(F)c2)cn1. The first-order valence-corrected chi connectivity index (χ1v) is 6.46. The van der Waals surface area contributed by atoms with Gasteiger partial charge in [0.2, 0.25) is 0 Å². The van der Waals surface area contributed by atoms with E-state index in [1.165, 1.54) is 18.2 Å². The van der Waals surface area contributed by atoms with Crippen LogP contribution in [0.1, 0.15) is 23.7 Å². The minimum absolute atomic E-state index is 0.276. The van der Waals surface area contributed by atoms with Crippen LogP contribution in [0, 0.1) is 5.82 Å². The fraction of sp³-hybridized carbons (Fsp3) is 0.200. The molecule has 104 valence electrons. The molecule has 2 rings (SSSR count). The van der Waals surface area contributed by atoms with Gasteiger partial charge in [-0.3, -0.25) is 4.79 Å². The topological polar surface area (TPSA) is 54.0 Å². The number of rotatable bonds is 5. The van der Waals surface area contributed by atoms with Crippen LogP contribution in [0.25, 0.3) is 0 Å². The number of carbonyl (C=O) groups excluding carboxylic acids is 1. The molecule has 2 N–H and O–H groups in total. The first-order valence-electron chi connectivity index (χ1n) is 6.46. The molecule has 0 aliphatic heterocycles. The number of hydrogen-bond acceptors (Lipinski definition) is 3. The van der Waals surface area contributed by atoms with Gasteiger partial charge in [0.05, 0.1) is 11.9 Å². The smallest absolute Gasteiger partial charge is 0.255 e. The van der Waals surface area contributed by atoms with Crippen molar-refractivity contribution in [3.8, 4) is 0 Å². The van der Waals surface area contributed by atoms with Crippen molar-refractivity contribution in [2.75, 3.05) is 17.2 Å². The average molecular weight is 273 g/mol. The van der Waals surface area contributed by atoms with E-state index in [4.69, 9.17) is 0 Å². The average Bonchev–Trinajstić information content (AvgIpc) is 2.46. The van der Waals surface area contributed by atoms with E-state index in [9.17, 15) is 9.18 Å². The van der Waals surface area contributed by atoms with Gasteiger partial charge >= 0.3 is 0 Å². The lowest BCUT2D eigenvalue weighted by Crippen LogP contribution is -2.12. The monoisotopic (exact) mass is 273 g/mol. The lowest BCUT2D eigenvalue weighted by Gasteiger charge is -2.07. The highest BCUT2D eigenvalue weighted by molar-refractivity contribution is 6.04. The number of benzene rings is 1. The van der Waals surface area contributed by atoms with Crippen LogP contribution in [0.4, 0.5) is 15.9 Å². The van der Waals surface area contributed by atoms with Crippen molar-refractivity contribution in [2.24, 2.45) is 0 Å². The molecular weight excluding hydrogens is 257 g/mol. The number of aromatic nitrogens is 1. The number of nitrogens with zero attached hydrogens (tertiary/aromatic N) is 1. The third-order valence-electron chi connectivity index (χ3n) is 2.66. The quantitative estimate of drug-likeness (QED) is 0.879. The van der Waals surface area contributed by atoms with Gasteiger partial charge in [0.25, 0.3) is 5.91 Å². The third kappa shape index (κ3) is 3.78. The minimum atomic E-state index is -0.435. The van der Waals surface area contributed by atoms with Crippen molar-refractivity contribution in [3.05, 3.63) is 54.0 Å². The maximum atomic E-state index is 13.0. The van der Waals surface area contributed by atoms with Crippen LogP contribution in [0.5, 0.6) is 0 Å².